The molecule has 2 aliphatic rings. The minimum atomic E-state index is 0.461. The summed E-state index contributed by atoms with van der Waals surface area (Å²) in [6, 6.07) is 4.42. The van der Waals surface area contributed by atoms with E-state index in [1.165, 1.54) is 38.6 Å². The van der Waals surface area contributed by atoms with Crippen LogP contribution in [-0.2, 0) is 0 Å². The third-order valence-electron chi connectivity index (χ3n) is 5.78. The quantitative estimate of drug-likeness (QED) is 0.935. The maximum absolute atomic E-state index is 6.01. The lowest BCUT2D eigenvalue weighted by Gasteiger charge is -2.36. The second kappa shape index (κ2) is 7.11. The molecular weight excluding hydrogens is 300 g/mol. The maximum atomic E-state index is 6.01. The monoisotopic (exact) mass is 328 g/mol. The Labute approximate surface area is 143 Å². The molecule has 5 heteroatoms. The highest BCUT2D eigenvalue weighted by atomic mass is 16.3. The fraction of sp³-hybridized carbons (Fsp3) is 0.632. The van der Waals surface area contributed by atoms with Gasteiger partial charge in [0.05, 0.1) is 11.6 Å². The minimum absolute atomic E-state index is 0.461. The summed E-state index contributed by atoms with van der Waals surface area (Å²) in [5, 5.41) is 1.13. The van der Waals surface area contributed by atoms with Gasteiger partial charge in [0.1, 0.15) is 11.4 Å². The van der Waals surface area contributed by atoms with Crippen LogP contribution in [0, 0.1) is 5.92 Å². The molecule has 0 aromatic carbocycles. The van der Waals surface area contributed by atoms with Crippen molar-refractivity contribution in [1.82, 2.24) is 9.88 Å². The highest BCUT2D eigenvalue weighted by Crippen LogP contribution is 2.28. The van der Waals surface area contributed by atoms with Gasteiger partial charge in [-0.3, -0.25) is 4.90 Å². The Bertz CT molecular complexity index is 654. The normalized spacial score (nSPS) is 26.1. The molecule has 1 saturated carbocycles. The van der Waals surface area contributed by atoms with E-state index in [-0.39, 0.29) is 0 Å². The van der Waals surface area contributed by atoms with E-state index in [4.69, 9.17) is 10.2 Å². The first-order valence-electron chi connectivity index (χ1n) is 9.34. The number of hydrogen-bond acceptors (Lipinski definition) is 5. The summed E-state index contributed by atoms with van der Waals surface area (Å²) in [5.41, 5.74) is 6.94. The number of pyridine rings is 1. The number of nitrogens with two attached hydrogens (primary N) is 1. The van der Waals surface area contributed by atoms with Crippen molar-refractivity contribution in [2.24, 2.45) is 11.7 Å². The topological polar surface area (TPSA) is 58.5 Å². The molecule has 0 unspecified atom stereocenters. The van der Waals surface area contributed by atoms with E-state index in [9.17, 15) is 0 Å². The molecule has 3 heterocycles. The molecule has 1 aliphatic heterocycles. The molecule has 0 atom stereocenters. The van der Waals surface area contributed by atoms with Crippen molar-refractivity contribution in [2.45, 2.75) is 38.1 Å². The fourth-order valence-corrected chi connectivity index (χ4v) is 4.16. The van der Waals surface area contributed by atoms with Gasteiger partial charge >= 0.3 is 0 Å². The van der Waals surface area contributed by atoms with Gasteiger partial charge < -0.3 is 15.1 Å². The Morgan fingerprint density at radius 1 is 1.08 bits per heavy atom. The molecule has 0 amide bonds. The standard InChI is InChI=1S/C19H28N4O/c20-16-3-1-15(2-4-16)6-9-22-10-12-23(13-11-22)19-17-7-14-24-18(17)5-8-21-19/h5,7-8,14-16H,1-4,6,9-13,20H2/t15-,16-. The Morgan fingerprint density at radius 2 is 1.88 bits per heavy atom. The molecule has 24 heavy (non-hydrogen) atoms. The van der Waals surface area contributed by atoms with Gasteiger partial charge in [0.25, 0.3) is 0 Å². The van der Waals surface area contributed by atoms with E-state index in [2.05, 4.69) is 14.8 Å². The van der Waals surface area contributed by atoms with Crippen molar-refractivity contribution >= 4 is 16.8 Å². The summed E-state index contributed by atoms with van der Waals surface area (Å²) >= 11 is 0. The Kier molecular flexibility index (Phi) is 4.72. The van der Waals surface area contributed by atoms with E-state index >= 15 is 0 Å². The molecule has 0 bridgehead atoms. The molecule has 0 spiro atoms. The van der Waals surface area contributed by atoms with Crippen molar-refractivity contribution in [3.63, 3.8) is 0 Å². The van der Waals surface area contributed by atoms with Crippen molar-refractivity contribution in [3.8, 4) is 0 Å². The van der Waals surface area contributed by atoms with E-state index in [1.807, 2.05) is 18.3 Å². The average Bonchev–Trinajstić information content (AvgIpc) is 3.10. The first kappa shape index (κ1) is 15.9. The van der Waals surface area contributed by atoms with Gasteiger partial charge in [-0.05, 0) is 56.7 Å². The number of hydrogen-bond donors (Lipinski definition) is 1. The van der Waals surface area contributed by atoms with Gasteiger partial charge in [-0.2, -0.15) is 0 Å². The lowest BCUT2D eigenvalue weighted by molar-refractivity contribution is 0.216. The van der Waals surface area contributed by atoms with Crippen LogP contribution in [0.5, 0.6) is 0 Å². The molecule has 1 aliphatic carbocycles. The first-order chi connectivity index (χ1) is 11.8. The van der Waals surface area contributed by atoms with Crippen LogP contribution in [0.2, 0.25) is 0 Å². The summed E-state index contributed by atoms with van der Waals surface area (Å²) in [6.45, 7) is 5.58. The summed E-state index contributed by atoms with van der Waals surface area (Å²) in [6.07, 6.45) is 10.0. The van der Waals surface area contributed by atoms with Crippen molar-refractivity contribution in [1.29, 1.82) is 0 Å². The molecule has 1 saturated heterocycles. The van der Waals surface area contributed by atoms with E-state index in [1.54, 1.807) is 6.26 Å². The van der Waals surface area contributed by atoms with E-state index in [0.29, 0.717) is 6.04 Å². The molecular formula is C19H28N4O. The van der Waals surface area contributed by atoms with E-state index < -0.39 is 0 Å². The molecule has 5 nitrogen and oxygen atoms in total. The molecule has 2 fully saturated rings. The van der Waals surface area contributed by atoms with Crippen LogP contribution >= 0.6 is 0 Å². The molecule has 2 N–H and O–H groups in total. The molecule has 2 aromatic rings. The van der Waals surface area contributed by atoms with Gasteiger partial charge in [-0.15, -0.1) is 0 Å². The number of furan rings is 1. The predicted octanol–water partition coefficient (Wildman–Crippen LogP) is 2.86. The van der Waals surface area contributed by atoms with Crippen LogP contribution < -0.4 is 10.6 Å². The van der Waals surface area contributed by atoms with Gasteiger partial charge in [-0.25, -0.2) is 4.98 Å². The van der Waals surface area contributed by atoms with Crippen molar-refractivity contribution < 1.29 is 4.42 Å². The lowest BCUT2D eigenvalue weighted by atomic mass is 9.84. The van der Waals surface area contributed by atoms with Crippen LogP contribution in [0.25, 0.3) is 11.0 Å². The van der Waals surface area contributed by atoms with E-state index in [0.717, 1.165) is 48.9 Å². The number of anilines is 1. The Balaban J connectivity index is 1.28. The number of piperazine rings is 1. The summed E-state index contributed by atoms with van der Waals surface area (Å²) in [5.74, 6) is 1.96. The van der Waals surface area contributed by atoms with Gasteiger partial charge in [0.15, 0.2) is 0 Å². The number of rotatable bonds is 4. The third-order valence-corrected chi connectivity index (χ3v) is 5.78. The first-order valence-corrected chi connectivity index (χ1v) is 9.34. The van der Waals surface area contributed by atoms with Crippen molar-refractivity contribution in [3.05, 3.63) is 24.6 Å². The van der Waals surface area contributed by atoms with Crippen LogP contribution in [0.3, 0.4) is 0 Å². The van der Waals surface area contributed by atoms with Crippen LogP contribution in [0.15, 0.2) is 29.0 Å². The maximum Gasteiger partial charge on any atom is 0.139 e. The van der Waals surface area contributed by atoms with Gasteiger partial charge in [0.2, 0.25) is 0 Å². The molecule has 130 valence electrons. The van der Waals surface area contributed by atoms with Crippen LogP contribution in [0.1, 0.15) is 32.1 Å². The van der Waals surface area contributed by atoms with Gasteiger partial charge in [0, 0.05) is 38.4 Å². The van der Waals surface area contributed by atoms with Crippen molar-refractivity contribution in [2.75, 3.05) is 37.6 Å². The van der Waals surface area contributed by atoms with Crippen LogP contribution in [0.4, 0.5) is 5.82 Å². The largest absolute Gasteiger partial charge is 0.464 e. The second-order valence-corrected chi connectivity index (χ2v) is 7.37. The highest BCUT2D eigenvalue weighted by Gasteiger charge is 2.22. The Morgan fingerprint density at radius 3 is 2.67 bits per heavy atom. The number of aromatic nitrogens is 1. The Hall–Kier alpha value is -1.59. The minimum Gasteiger partial charge on any atom is -0.464 e. The smallest absolute Gasteiger partial charge is 0.139 e. The zero-order chi connectivity index (χ0) is 16.4. The summed E-state index contributed by atoms with van der Waals surface area (Å²) in [4.78, 5) is 9.60. The molecule has 2 aromatic heterocycles. The summed E-state index contributed by atoms with van der Waals surface area (Å²) < 4.78 is 5.50. The number of fused-ring (bicyclic) bond motifs is 1. The SMILES string of the molecule is N[C@H]1CC[C@H](CCN2CCN(c3nccc4occc34)CC2)CC1. The molecule has 4 rings (SSSR count). The predicted molar refractivity (Wildman–Crippen MR) is 97.2 cm³/mol. The zero-order valence-electron chi connectivity index (χ0n) is 14.4. The van der Waals surface area contributed by atoms with Crippen LogP contribution in [-0.4, -0.2) is 48.6 Å². The van der Waals surface area contributed by atoms with Gasteiger partial charge in [-0.1, -0.05) is 0 Å². The molecule has 0 radical (unpaired) electrons. The fourth-order valence-electron chi connectivity index (χ4n) is 4.16. The average molecular weight is 328 g/mol. The number of nitrogens with zero attached hydrogens (tertiary/aromatic N) is 3. The summed E-state index contributed by atoms with van der Waals surface area (Å²) in [7, 11) is 0. The second-order valence-electron chi connectivity index (χ2n) is 7.37. The highest BCUT2D eigenvalue weighted by molar-refractivity contribution is 5.88. The lowest BCUT2D eigenvalue weighted by Crippen LogP contribution is -2.47. The third kappa shape index (κ3) is 3.42. The zero-order valence-corrected chi connectivity index (χ0v) is 14.4.